The van der Waals surface area contributed by atoms with Gasteiger partial charge < -0.3 is 10.4 Å². The largest absolute Gasteiger partial charge is 0.508 e. The van der Waals surface area contributed by atoms with E-state index < -0.39 is 0 Å². The third kappa shape index (κ3) is 6.31. The van der Waals surface area contributed by atoms with Gasteiger partial charge in [-0.15, -0.1) is 0 Å². The number of hydrogen-bond acceptors (Lipinski definition) is 3. The molecule has 2 nitrogen and oxygen atoms in total. The maximum Gasteiger partial charge on any atom is 0.115 e. The molecule has 0 saturated carbocycles. The molecule has 0 aliphatic rings. The van der Waals surface area contributed by atoms with Crippen molar-refractivity contribution < 1.29 is 5.11 Å². The minimum atomic E-state index is 0.333. The molecule has 0 aliphatic carbocycles. The topological polar surface area (TPSA) is 32.3 Å². The van der Waals surface area contributed by atoms with Gasteiger partial charge in [-0.2, -0.15) is 11.8 Å². The van der Waals surface area contributed by atoms with Crippen LogP contribution in [0.4, 0.5) is 0 Å². The van der Waals surface area contributed by atoms with Gasteiger partial charge in [-0.1, -0.05) is 25.0 Å². The van der Waals surface area contributed by atoms with Gasteiger partial charge in [0.05, 0.1) is 0 Å². The van der Waals surface area contributed by atoms with Crippen molar-refractivity contribution in [3.05, 3.63) is 29.8 Å². The summed E-state index contributed by atoms with van der Waals surface area (Å²) < 4.78 is 0. The van der Waals surface area contributed by atoms with Crippen molar-refractivity contribution in [3.63, 3.8) is 0 Å². The van der Waals surface area contributed by atoms with Gasteiger partial charge in [0.1, 0.15) is 5.75 Å². The predicted octanol–water partition coefficient (Wildman–Crippen LogP) is 3.97. The van der Waals surface area contributed by atoms with Gasteiger partial charge in [-0.3, -0.25) is 0 Å². The fourth-order valence-electron chi connectivity index (χ4n) is 1.92. The molecular formula is C15H25NOS. The molecule has 2 N–H and O–H groups in total. The molecule has 102 valence electrons. The molecule has 1 atom stereocenters. The van der Waals surface area contributed by atoms with Gasteiger partial charge in [0, 0.05) is 6.04 Å². The number of phenols is 1. The van der Waals surface area contributed by atoms with Crippen LogP contribution in [-0.4, -0.2) is 23.7 Å². The van der Waals surface area contributed by atoms with E-state index in [1.54, 1.807) is 12.1 Å². The molecule has 0 amide bonds. The highest BCUT2D eigenvalue weighted by Crippen LogP contribution is 2.16. The summed E-state index contributed by atoms with van der Waals surface area (Å²) in [6.07, 6.45) is 7.42. The second kappa shape index (κ2) is 9.29. The number of thioether (sulfide) groups is 1. The fourth-order valence-corrected chi connectivity index (χ4v) is 2.42. The van der Waals surface area contributed by atoms with Crippen molar-refractivity contribution in [2.75, 3.05) is 18.6 Å². The highest BCUT2D eigenvalue weighted by Gasteiger charge is 2.03. The first-order valence-corrected chi connectivity index (χ1v) is 8.14. The summed E-state index contributed by atoms with van der Waals surface area (Å²) in [5.41, 5.74) is 1.23. The second-order valence-electron chi connectivity index (χ2n) is 4.67. The van der Waals surface area contributed by atoms with E-state index in [2.05, 4.69) is 18.5 Å². The Morgan fingerprint density at radius 2 is 1.78 bits per heavy atom. The van der Waals surface area contributed by atoms with Crippen LogP contribution < -0.4 is 5.32 Å². The van der Waals surface area contributed by atoms with Crippen molar-refractivity contribution in [3.8, 4) is 5.75 Å². The average Bonchev–Trinajstić information content (AvgIpc) is 2.38. The van der Waals surface area contributed by atoms with Crippen LogP contribution in [0, 0.1) is 0 Å². The van der Waals surface area contributed by atoms with Crippen molar-refractivity contribution in [1.29, 1.82) is 0 Å². The first-order valence-electron chi connectivity index (χ1n) is 6.75. The van der Waals surface area contributed by atoms with E-state index in [-0.39, 0.29) is 0 Å². The van der Waals surface area contributed by atoms with Crippen molar-refractivity contribution in [2.45, 2.75) is 38.6 Å². The Kier molecular flexibility index (Phi) is 7.94. The van der Waals surface area contributed by atoms with Crippen molar-refractivity contribution in [2.24, 2.45) is 0 Å². The summed E-state index contributed by atoms with van der Waals surface area (Å²) in [4.78, 5) is 0. The van der Waals surface area contributed by atoms with E-state index in [0.717, 1.165) is 6.54 Å². The zero-order chi connectivity index (χ0) is 13.2. The van der Waals surface area contributed by atoms with Crippen LogP contribution in [0.3, 0.4) is 0 Å². The third-order valence-electron chi connectivity index (χ3n) is 3.12. The lowest BCUT2D eigenvalue weighted by molar-refractivity contribution is 0.474. The lowest BCUT2D eigenvalue weighted by Gasteiger charge is -2.14. The number of benzene rings is 1. The normalized spacial score (nSPS) is 12.6. The number of hydrogen-bond donors (Lipinski definition) is 2. The summed E-state index contributed by atoms with van der Waals surface area (Å²) >= 11 is 1.93. The quantitative estimate of drug-likeness (QED) is 0.664. The van der Waals surface area contributed by atoms with Gasteiger partial charge in [0.15, 0.2) is 0 Å². The summed E-state index contributed by atoms with van der Waals surface area (Å²) in [5.74, 6) is 1.62. The van der Waals surface area contributed by atoms with E-state index in [1.807, 2.05) is 23.9 Å². The molecule has 0 aliphatic heterocycles. The molecule has 1 aromatic carbocycles. The Labute approximate surface area is 115 Å². The first-order chi connectivity index (χ1) is 8.74. The molecule has 1 aromatic rings. The molecule has 1 unspecified atom stereocenters. The number of nitrogens with one attached hydrogen (secondary N) is 1. The Morgan fingerprint density at radius 3 is 2.44 bits per heavy atom. The molecule has 0 bridgehead atoms. The van der Waals surface area contributed by atoms with Crippen molar-refractivity contribution >= 4 is 11.8 Å². The highest BCUT2D eigenvalue weighted by molar-refractivity contribution is 7.98. The van der Waals surface area contributed by atoms with Crippen LogP contribution in [0.5, 0.6) is 5.75 Å². The van der Waals surface area contributed by atoms with Crippen molar-refractivity contribution in [1.82, 2.24) is 5.32 Å². The minimum Gasteiger partial charge on any atom is -0.508 e. The first kappa shape index (κ1) is 15.4. The molecule has 0 saturated heterocycles. The molecule has 1 rings (SSSR count). The number of unbranched alkanes of at least 4 members (excludes halogenated alkanes) is 3. The summed E-state index contributed by atoms with van der Waals surface area (Å²) in [6, 6.07) is 7.81. The molecule has 0 heterocycles. The monoisotopic (exact) mass is 267 g/mol. The Bertz CT molecular complexity index is 313. The summed E-state index contributed by atoms with van der Waals surface area (Å²) in [5, 5.41) is 12.8. The Balaban J connectivity index is 2.10. The Morgan fingerprint density at radius 1 is 1.11 bits per heavy atom. The van der Waals surface area contributed by atoms with Gasteiger partial charge in [0.25, 0.3) is 0 Å². The zero-order valence-corrected chi connectivity index (χ0v) is 12.3. The van der Waals surface area contributed by atoms with Crippen LogP contribution in [0.15, 0.2) is 24.3 Å². The molecule has 18 heavy (non-hydrogen) atoms. The minimum absolute atomic E-state index is 0.333. The lowest BCUT2D eigenvalue weighted by Crippen LogP contribution is -2.19. The number of phenolic OH excluding ortho intramolecular Hbond substituents is 1. The van der Waals surface area contributed by atoms with E-state index in [9.17, 15) is 5.11 Å². The van der Waals surface area contributed by atoms with E-state index >= 15 is 0 Å². The molecule has 0 fully saturated rings. The van der Waals surface area contributed by atoms with Gasteiger partial charge in [0.2, 0.25) is 0 Å². The van der Waals surface area contributed by atoms with Crippen LogP contribution in [0.1, 0.15) is 44.2 Å². The van der Waals surface area contributed by atoms with E-state index in [1.165, 1.54) is 37.0 Å². The SMILES string of the molecule is CSCCCCCCNC(C)c1ccc(O)cc1. The van der Waals surface area contributed by atoms with E-state index in [0.29, 0.717) is 11.8 Å². The number of rotatable bonds is 9. The summed E-state index contributed by atoms with van der Waals surface area (Å²) in [7, 11) is 0. The predicted molar refractivity (Wildman–Crippen MR) is 81.4 cm³/mol. The summed E-state index contributed by atoms with van der Waals surface area (Å²) in [6.45, 7) is 3.24. The molecule has 0 aromatic heterocycles. The van der Waals surface area contributed by atoms with Gasteiger partial charge >= 0.3 is 0 Å². The third-order valence-corrected chi connectivity index (χ3v) is 3.82. The smallest absolute Gasteiger partial charge is 0.115 e. The average molecular weight is 267 g/mol. The van der Waals surface area contributed by atoms with Gasteiger partial charge in [-0.05, 0) is 56.0 Å². The van der Waals surface area contributed by atoms with Gasteiger partial charge in [-0.25, -0.2) is 0 Å². The van der Waals surface area contributed by atoms with E-state index in [4.69, 9.17) is 0 Å². The van der Waals surface area contributed by atoms with Crippen LogP contribution >= 0.6 is 11.8 Å². The highest BCUT2D eigenvalue weighted by atomic mass is 32.2. The standard InChI is InChI=1S/C15H25NOS/c1-13(14-7-9-15(17)10-8-14)16-11-5-3-4-6-12-18-2/h7-10,13,16-17H,3-6,11-12H2,1-2H3. The fraction of sp³-hybridized carbons (Fsp3) is 0.600. The zero-order valence-electron chi connectivity index (χ0n) is 11.5. The second-order valence-corrected chi connectivity index (χ2v) is 5.66. The van der Waals surface area contributed by atoms with Crippen LogP contribution in [-0.2, 0) is 0 Å². The molecule has 3 heteroatoms. The van der Waals surface area contributed by atoms with Crippen LogP contribution in [0.25, 0.3) is 0 Å². The molecular weight excluding hydrogens is 242 g/mol. The van der Waals surface area contributed by atoms with Crippen LogP contribution in [0.2, 0.25) is 0 Å². The lowest BCUT2D eigenvalue weighted by atomic mass is 10.1. The number of aromatic hydroxyl groups is 1. The maximum atomic E-state index is 9.23. The molecule has 0 spiro atoms. The Hall–Kier alpha value is -0.670. The molecule has 0 radical (unpaired) electrons. The maximum absolute atomic E-state index is 9.23.